The van der Waals surface area contributed by atoms with Crippen molar-refractivity contribution >= 4 is 27.5 Å². The lowest BCUT2D eigenvalue weighted by molar-refractivity contribution is 0.233. The smallest absolute Gasteiger partial charge is 0.0739 e. The molecular formula is C13H21BrClN3. The minimum absolute atomic E-state index is 0.648. The van der Waals surface area contributed by atoms with Crippen molar-refractivity contribution in [2.75, 3.05) is 12.4 Å². The number of nitrogens with zero attached hydrogens (tertiary/aromatic N) is 3. The number of alkyl halides is 1. The molecular weight excluding hydrogens is 314 g/mol. The second-order valence-electron chi connectivity index (χ2n) is 4.91. The summed E-state index contributed by atoms with van der Waals surface area (Å²) in [6.45, 7) is 7.29. The van der Waals surface area contributed by atoms with Crippen LogP contribution >= 0.6 is 27.5 Å². The standard InChI is InChI=1S/C13H21BrClN3/c1-3-18-12(13(14)10(2)16-18)9-17-8-4-5-11(17)6-7-15/h11H,3-9H2,1-2H3. The van der Waals surface area contributed by atoms with Gasteiger partial charge in [-0.05, 0) is 55.6 Å². The van der Waals surface area contributed by atoms with Crippen LogP contribution in [0.4, 0.5) is 0 Å². The van der Waals surface area contributed by atoms with E-state index in [0.29, 0.717) is 6.04 Å². The van der Waals surface area contributed by atoms with E-state index in [1.807, 2.05) is 0 Å². The van der Waals surface area contributed by atoms with Crippen LogP contribution in [0, 0.1) is 6.92 Å². The Morgan fingerprint density at radius 2 is 2.28 bits per heavy atom. The molecule has 1 saturated heterocycles. The van der Waals surface area contributed by atoms with Crippen molar-refractivity contribution in [2.45, 2.75) is 52.2 Å². The largest absolute Gasteiger partial charge is 0.294 e. The summed E-state index contributed by atoms with van der Waals surface area (Å²) in [7, 11) is 0. The maximum atomic E-state index is 5.89. The summed E-state index contributed by atoms with van der Waals surface area (Å²) in [4.78, 5) is 2.55. The van der Waals surface area contributed by atoms with Crippen LogP contribution in [-0.2, 0) is 13.1 Å². The Morgan fingerprint density at radius 3 is 2.94 bits per heavy atom. The summed E-state index contributed by atoms with van der Waals surface area (Å²) in [6, 6.07) is 0.648. The van der Waals surface area contributed by atoms with Crippen LogP contribution in [0.5, 0.6) is 0 Å². The molecule has 1 atom stereocenters. The first-order chi connectivity index (χ1) is 8.67. The zero-order valence-electron chi connectivity index (χ0n) is 11.1. The molecule has 3 nitrogen and oxygen atoms in total. The molecule has 1 aliphatic rings. The molecule has 0 amide bonds. The van der Waals surface area contributed by atoms with Crippen molar-refractivity contribution in [2.24, 2.45) is 0 Å². The highest BCUT2D eigenvalue weighted by molar-refractivity contribution is 9.10. The van der Waals surface area contributed by atoms with Crippen LogP contribution in [0.1, 0.15) is 37.6 Å². The van der Waals surface area contributed by atoms with E-state index in [2.05, 4.69) is 44.5 Å². The molecule has 2 rings (SSSR count). The molecule has 1 aromatic heterocycles. The van der Waals surface area contributed by atoms with E-state index in [4.69, 9.17) is 11.6 Å². The molecule has 18 heavy (non-hydrogen) atoms. The lowest BCUT2D eigenvalue weighted by Gasteiger charge is -2.24. The molecule has 0 bridgehead atoms. The maximum Gasteiger partial charge on any atom is 0.0739 e. The van der Waals surface area contributed by atoms with E-state index in [9.17, 15) is 0 Å². The average molecular weight is 335 g/mol. The number of aryl methyl sites for hydroxylation is 2. The van der Waals surface area contributed by atoms with Gasteiger partial charge in [-0.3, -0.25) is 9.58 Å². The van der Waals surface area contributed by atoms with Crippen LogP contribution in [0.25, 0.3) is 0 Å². The van der Waals surface area contributed by atoms with E-state index in [-0.39, 0.29) is 0 Å². The molecule has 0 aromatic carbocycles. The summed E-state index contributed by atoms with van der Waals surface area (Å²) in [5.74, 6) is 0.758. The molecule has 0 spiro atoms. The van der Waals surface area contributed by atoms with Gasteiger partial charge in [0.1, 0.15) is 0 Å². The van der Waals surface area contributed by atoms with Crippen molar-refractivity contribution < 1.29 is 0 Å². The van der Waals surface area contributed by atoms with E-state index >= 15 is 0 Å². The average Bonchev–Trinajstić information content (AvgIpc) is 2.90. The Hall–Kier alpha value is -0.0600. The number of halogens is 2. The fourth-order valence-electron chi connectivity index (χ4n) is 2.77. The van der Waals surface area contributed by atoms with Crippen molar-refractivity contribution in [3.8, 4) is 0 Å². The third-order valence-electron chi connectivity index (χ3n) is 3.75. The first-order valence-electron chi connectivity index (χ1n) is 6.69. The fourth-order valence-corrected chi connectivity index (χ4v) is 3.43. The molecule has 0 radical (unpaired) electrons. The van der Waals surface area contributed by atoms with Crippen molar-refractivity contribution in [3.05, 3.63) is 15.9 Å². The quantitative estimate of drug-likeness (QED) is 0.768. The summed E-state index contributed by atoms with van der Waals surface area (Å²) < 4.78 is 3.27. The predicted octanol–water partition coefficient (Wildman–Crippen LogP) is 3.57. The van der Waals surface area contributed by atoms with Gasteiger partial charge >= 0.3 is 0 Å². The molecule has 0 saturated carbocycles. The first-order valence-corrected chi connectivity index (χ1v) is 8.02. The summed E-state index contributed by atoms with van der Waals surface area (Å²) in [5.41, 5.74) is 2.39. The van der Waals surface area contributed by atoms with E-state index in [1.54, 1.807) is 0 Å². The zero-order chi connectivity index (χ0) is 13.1. The van der Waals surface area contributed by atoms with Crippen LogP contribution < -0.4 is 0 Å². The van der Waals surface area contributed by atoms with E-state index in [1.165, 1.54) is 29.6 Å². The van der Waals surface area contributed by atoms with Gasteiger partial charge in [0, 0.05) is 25.0 Å². The van der Waals surface area contributed by atoms with Gasteiger partial charge < -0.3 is 0 Å². The van der Waals surface area contributed by atoms with Crippen LogP contribution in [-0.4, -0.2) is 33.1 Å². The number of hydrogen-bond donors (Lipinski definition) is 0. The number of aromatic nitrogens is 2. The Morgan fingerprint density at radius 1 is 1.50 bits per heavy atom. The lowest BCUT2D eigenvalue weighted by Crippen LogP contribution is -2.30. The molecule has 1 aromatic rings. The van der Waals surface area contributed by atoms with Gasteiger partial charge in [0.05, 0.1) is 15.9 Å². The minimum Gasteiger partial charge on any atom is -0.294 e. The Labute approximate surface area is 123 Å². The molecule has 2 heterocycles. The maximum absolute atomic E-state index is 5.89. The normalized spacial score (nSPS) is 20.8. The monoisotopic (exact) mass is 333 g/mol. The minimum atomic E-state index is 0.648. The summed E-state index contributed by atoms with van der Waals surface area (Å²) in [6.07, 6.45) is 3.67. The molecule has 5 heteroatoms. The van der Waals surface area contributed by atoms with E-state index < -0.39 is 0 Å². The highest BCUT2D eigenvalue weighted by Crippen LogP contribution is 2.27. The Kier molecular flexibility index (Phi) is 5.10. The van der Waals surface area contributed by atoms with Crippen molar-refractivity contribution in [1.82, 2.24) is 14.7 Å². The molecule has 0 aliphatic carbocycles. The fraction of sp³-hybridized carbons (Fsp3) is 0.769. The van der Waals surface area contributed by atoms with Gasteiger partial charge in [-0.15, -0.1) is 11.6 Å². The molecule has 1 fully saturated rings. The summed E-state index contributed by atoms with van der Waals surface area (Å²) >= 11 is 9.56. The molecule has 1 unspecified atom stereocenters. The number of likely N-dealkylation sites (tertiary alicyclic amines) is 1. The highest BCUT2D eigenvalue weighted by atomic mass is 79.9. The SMILES string of the molecule is CCn1nc(C)c(Br)c1CN1CCCC1CCCl. The lowest BCUT2D eigenvalue weighted by atomic mass is 10.1. The first kappa shape index (κ1) is 14.4. The third kappa shape index (κ3) is 2.91. The van der Waals surface area contributed by atoms with Crippen LogP contribution in [0.2, 0.25) is 0 Å². The van der Waals surface area contributed by atoms with Crippen LogP contribution in [0.3, 0.4) is 0 Å². The number of hydrogen-bond acceptors (Lipinski definition) is 2. The van der Waals surface area contributed by atoms with Gasteiger partial charge in [-0.25, -0.2) is 0 Å². The summed E-state index contributed by atoms with van der Waals surface area (Å²) in [5, 5.41) is 4.56. The van der Waals surface area contributed by atoms with Crippen molar-refractivity contribution in [3.63, 3.8) is 0 Å². The van der Waals surface area contributed by atoms with Crippen molar-refractivity contribution in [1.29, 1.82) is 0 Å². The second-order valence-corrected chi connectivity index (χ2v) is 6.08. The highest BCUT2D eigenvalue weighted by Gasteiger charge is 2.26. The van der Waals surface area contributed by atoms with Gasteiger partial charge in [0.25, 0.3) is 0 Å². The van der Waals surface area contributed by atoms with Gasteiger partial charge in [0.15, 0.2) is 0 Å². The second kappa shape index (κ2) is 6.40. The molecule has 1 aliphatic heterocycles. The Balaban J connectivity index is 2.13. The third-order valence-corrected chi connectivity index (χ3v) is 5.00. The van der Waals surface area contributed by atoms with E-state index in [0.717, 1.165) is 31.1 Å². The van der Waals surface area contributed by atoms with Crippen LogP contribution in [0.15, 0.2) is 4.47 Å². The predicted molar refractivity (Wildman–Crippen MR) is 79.1 cm³/mol. The Bertz CT molecular complexity index is 405. The van der Waals surface area contributed by atoms with Gasteiger partial charge in [-0.2, -0.15) is 5.10 Å². The molecule has 0 N–H and O–H groups in total. The van der Waals surface area contributed by atoms with Gasteiger partial charge in [0.2, 0.25) is 0 Å². The number of rotatable bonds is 5. The molecule has 102 valence electrons. The zero-order valence-corrected chi connectivity index (χ0v) is 13.5. The van der Waals surface area contributed by atoms with Gasteiger partial charge in [-0.1, -0.05) is 0 Å². The topological polar surface area (TPSA) is 21.1 Å².